The first-order valence-electron chi connectivity index (χ1n) is 6.99. The van der Waals surface area contributed by atoms with Crippen molar-refractivity contribution in [1.82, 2.24) is 0 Å². The van der Waals surface area contributed by atoms with Crippen LogP contribution in [-0.4, -0.2) is 7.25 Å². The third-order valence-electron chi connectivity index (χ3n) is 2.32. The van der Waals surface area contributed by atoms with Crippen molar-refractivity contribution in [2.24, 2.45) is 0 Å². The molecule has 0 heterocycles. The molecule has 0 fully saturated rings. The van der Waals surface area contributed by atoms with Gasteiger partial charge in [0, 0.05) is 0 Å². The van der Waals surface area contributed by atoms with Gasteiger partial charge < -0.3 is 17.3 Å². The van der Waals surface area contributed by atoms with Gasteiger partial charge in [-0.15, -0.1) is 0 Å². The quantitative estimate of drug-likeness (QED) is 0.262. The van der Waals surface area contributed by atoms with Gasteiger partial charge >= 0.3 is 26.7 Å². The molecule has 0 nitrogen and oxygen atoms in total. The van der Waals surface area contributed by atoms with Crippen molar-refractivity contribution in [2.45, 2.75) is 32.1 Å². The van der Waals surface area contributed by atoms with Crippen molar-refractivity contribution in [2.75, 3.05) is 0 Å². The minimum atomic E-state index is -6.00. The Labute approximate surface area is 144 Å². The van der Waals surface area contributed by atoms with Crippen molar-refractivity contribution in [3.63, 3.8) is 0 Å². The zero-order valence-electron chi connectivity index (χ0n) is 12.3. The van der Waals surface area contributed by atoms with Crippen molar-refractivity contribution in [3.8, 4) is 0 Å². The molecule has 0 unspecified atom stereocenters. The zero-order chi connectivity index (χ0) is 15.8. The summed E-state index contributed by atoms with van der Waals surface area (Å²) in [7, 11) is -6.00. The Kier molecular flexibility index (Phi) is 18.0. The molecule has 0 aromatic rings. The minimum absolute atomic E-state index is 0. The molecule has 2 aliphatic carbocycles. The van der Waals surface area contributed by atoms with Gasteiger partial charge in [-0.05, 0) is 51.4 Å². The van der Waals surface area contributed by atoms with E-state index in [0.29, 0.717) is 0 Å². The van der Waals surface area contributed by atoms with E-state index in [9.17, 15) is 17.3 Å². The van der Waals surface area contributed by atoms with E-state index in [2.05, 4.69) is 67.9 Å². The van der Waals surface area contributed by atoms with E-state index in [1.165, 1.54) is 25.7 Å². The molecule has 0 aliphatic heterocycles. The van der Waals surface area contributed by atoms with Crippen LogP contribution in [0.1, 0.15) is 32.1 Å². The fraction of sp³-hybridized carbons (Fsp3) is 0.312. The second-order valence-corrected chi connectivity index (χ2v) is 4.26. The molecule has 0 amide bonds. The van der Waals surface area contributed by atoms with Gasteiger partial charge in [0.2, 0.25) is 0 Å². The normalized spacial score (nSPS) is 23.1. The third-order valence-corrected chi connectivity index (χ3v) is 2.32. The summed E-state index contributed by atoms with van der Waals surface area (Å²) >= 11 is 0. The maximum atomic E-state index is 9.75. The van der Waals surface area contributed by atoms with E-state index in [0.717, 1.165) is 6.42 Å². The first-order valence-corrected chi connectivity index (χ1v) is 6.99. The molecule has 0 bridgehead atoms. The molecule has 2 aliphatic rings. The summed E-state index contributed by atoms with van der Waals surface area (Å²) in [6.07, 6.45) is 29.5. The van der Waals surface area contributed by atoms with Gasteiger partial charge in [0.1, 0.15) is 0 Å². The topological polar surface area (TPSA) is 0 Å². The molecule has 0 atom stereocenters. The van der Waals surface area contributed by atoms with Crippen LogP contribution in [0.25, 0.3) is 0 Å². The fourth-order valence-corrected chi connectivity index (χ4v) is 1.43. The van der Waals surface area contributed by atoms with Gasteiger partial charge in [0.25, 0.3) is 0 Å². The van der Waals surface area contributed by atoms with Crippen LogP contribution < -0.4 is 0 Å². The summed E-state index contributed by atoms with van der Waals surface area (Å²) in [5.74, 6) is 0. The average molecular weight is 401 g/mol. The number of rotatable bonds is 0. The summed E-state index contributed by atoms with van der Waals surface area (Å²) in [6.45, 7) is 0. The molecule has 123 valence electrons. The van der Waals surface area contributed by atoms with Gasteiger partial charge in [0.05, 0.1) is 0 Å². The van der Waals surface area contributed by atoms with Gasteiger partial charge in [-0.3, -0.25) is 0 Å². The standard InChI is InChI=1S/C8H11.C8H10.BF4.Ru/c2*1-2-4-6-8-7-5-3-1;2-1(3,4)5;/h1-3,6,8H,4-5,7H2;1-6H,7-8H2;;/q;;-1;+2/b8-6+;2-1-,5-3+,6-4+;;. The van der Waals surface area contributed by atoms with Crippen LogP contribution in [0.2, 0.25) is 0 Å². The van der Waals surface area contributed by atoms with E-state index >= 15 is 0 Å². The molecule has 0 N–H and O–H groups in total. The summed E-state index contributed by atoms with van der Waals surface area (Å²) in [5, 5.41) is 0. The van der Waals surface area contributed by atoms with Crippen LogP contribution in [0.5, 0.6) is 0 Å². The first kappa shape index (κ1) is 23.6. The van der Waals surface area contributed by atoms with Gasteiger partial charge in [-0.25, -0.2) is 0 Å². The maximum Gasteiger partial charge on any atom is 2.00 e. The van der Waals surface area contributed by atoms with Gasteiger partial charge in [0.15, 0.2) is 0 Å². The molecule has 0 saturated carbocycles. The van der Waals surface area contributed by atoms with Crippen LogP contribution in [0, 0.1) is 19.3 Å². The maximum absolute atomic E-state index is 9.75. The van der Waals surface area contributed by atoms with Crippen LogP contribution in [0.15, 0.2) is 48.6 Å². The van der Waals surface area contributed by atoms with Crippen LogP contribution in [0.3, 0.4) is 0 Å². The van der Waals surface area contributed by atoms with Gasteiger partial charge in [-0.1, -0.05) is 48.6 Å². The molecule has 0 saturated heterocycles. The van der Waals surface area contributed by atoms with Crippen molar-refractivity contribution in [3.05, 3.63) is 67.9 Å². The van der Waals surface area contributed by atoms with E-state index in [1.54, 1.807) is 0 Å². The van der Waals surface area contributed by atoms with E-state index in [4.69, 9.17) is 0 Å². The minimum Gasteiger partial charge on any atom is -0.418 e. The van der Waals surface area contributed by atoms with Crippen LogP contribution >= 0.6 is 0 Å². The van der Waals surface area contributed by atoms with Crippen molar-refractivity contribution >= 4 is 7.25 Å². The summed E-state index contributed by atoms with van der Waals surface area (Å²) in [5.41, 5.74) is 0. The first-order chi connectivity index (χ1) is 10.0. The number of allylic oxidation sites excluding steroid dienone is 8. The number of hydrogen-bond donors (Lipinski definition) is 0. The molecule has 6 heteroatoms. The molecule has 3 radical (unpaired) electrons. The molecule has 0 aromatic heterocycles. The Hall–Kier alpha value is -0.632. The molecule has 2 rings (SSSR count). The monoisotopic (exact) mass is 402 g/mol. The third kappa shape index (κ3) is 27.7. The molecular weight excluding hydrogens is 380 g/mol. The van der Waals surface area contributed by atoms with Crippen LogP contribution in [-0.2, 0) is 19.5 Å². The Morgan fingerprint density at radius 2 is 1.09 bits per heavy atom. The smallest absolute Gasteiger partial charge is 0.418 e. The van der Waals surface area contributed by atoms with Crippen molar-refractivity contribution < 1.29 is 36.7 Å². The zero-order valence-corrected chi connectivity index (χ0v) is 14.1. The van der Waals surface area contributed by atoms with E-state index in [1.807, 2.05) is 0 Å². The van der Waals surface area contributed by atoms with E-state index in [-0.39, 0.29) is 19.5 Å². The molecular formula is C16H21BF4Ru+. The average Bonchev–Trinajstić information content (AvgIpc) is 2.24. The second kappa shape index (κ2) is 16.7. The fourth-order valence-electron chi connectivity index (χ4n) is 1.43. The molecule has 0 spiro atoms. The Morgan fingerprint density at radius 3 is 1.64 bits per heavy atom. The largest absolute Gasteiger partial charge is 2.00 e. The molecule has 0 aromatic carbocycles. The summed E-state index contributed by atoms with van der Waals surface area (Å²) in [6, 6.07) is 0. The Bertz CT molecular complexity index is 315. The summed E-state index contributed by atoms with van der Waals surface area (Å²) in [4.78, 5) is 0. The second-order valence-electron chi connectivity index (χ2n) is 4.26. The molecule has 22 heavy (non-hydrogen) atoms. The predicted octanol–water partition coefficient (Wildman–Crippen LogP) is 6.09. The number of hydrogen-bond acceptors (Lipinski definition) is 0. The Balaban J connectivity index is 0. The number of halogens is 4. The SMILES string of the molecule is C1=C\C=C\CC/C=C/1.F[B-](F)(F)F.[CH]1[CH]C/C=C/CC[CH]1.[Ru+2]. The van der Waals surface area contributed by atoms with Gasteiger partial charge in [-0.2, -0.15) is 0 Å². The predicted molar refractivity (Wildman–Crippen MR) is 82.7 cm³/mol. The van der Waals surface area contributed by atoms with E-state index < -0.39 is 7.25 Å². The summed E-state index contributed by atoms with van der Waals surface area (Å²) < 4.78 is 39.0. The van der Waals surface area contributed by atoms with Crippen LogP contribution in [0.4, 0.5) is 17.3 Å². The Morgan fingerprint density at radius 1 is 0.591 bits per heavy atom. The van der Waals surface area contributed by atoms with Crippen molar-refractivity contribution in [1.29, 1.82) is 0 Å².